The van der Waals surface area contributed by atoms with Crippen LogP contribution in [0.3, 0.4) is 0 Å². The topological polar surface area (TPSA) is 80.0 Å². The molecule has 0 saturated heterocycles. The third-order valence-corrected chi connectivity index (χ3v) is 4.45. The van der Waals surface area contributed by atoms with Crippen LogP contribution in [0.4, 0.5) is 0 Å². The molecule has 1 amide bonds. The van der Waals surface area contributed by atoms with Crippen molar-refractivity contribution < 1.29 is 9.90 Å². The van der Waals surface area contributed by atoms with E-state index in [1.165, 1.54) is 0 Å². The second-order valence-corrected chi connectivity index (χ2v) is 6.19. The SMILES string of the molecule is Cc1cccc(-n2cc(C(=O)NC3CCCCC3CO)nn2)c1. The first-order chi connectivity index (χ1) is 11.2. The number of nitrogens with zero attached hydrogens (tertiary/aromatic N) is 3. The largest absolute Gasteiger partial charge is 0.396 e. The van der Waals surface area contributed by atoms with Gasteiger partial charge in [0.15, 0.2) is 5.69 Å². The van der Waals surface area contributed by atoms with E-state index in [0.29, 0.717) is 5.69 Å². The first kappa shape index (κ1) is 15.7. The fourth-order valence-electron chi connectivity index (χ4n) is 3.12. The molecule has 6 nitrogen and oxygen atoms in total. The molecule has 3 rings (SSSR count). The zero-order valence-electron chi connectivity index (χ0n) is 13.3. The maximum Gasteiger partial charge on any atom is 0.273 e. The van der Waals surface area contributed by atoms with Gasteiger partial charge in [0.25, 0.3) is 5.91 Å². The molecule has 0 spiro atoms. The second-order valence-electron chi connectivity index (χ2n) is 6.19. The lowest BCUT2D eigenvalue weighted by molar-refractivity contribution is 0.0867. The number of nitrogens with one attached hydrogen (secondary N) is 1. The number of amides is 1. The molecular weight excluding hydrogens is 292 g/mol. The first-order valence-corrected chi connectivity index (χ1v) is 8.08. The Balaban J connectivity index is 1.71. The Hall–Kier alpha value is -2.21. The van der Waals surface area contributed by atoms with E-state index in [1.807, 2.05) is 31.2 Å². The smallest absolute Gasteiger partial charge is 0.273 e. The van der Waals surface area contributed by atoms with Gasteiger partial charge >= 0.3 is 0 Å². The monoisotopic (exact) mass is 314 g/mol. The highest BCUT2D eigenvalue weighted by molar-refractivity contribution is 5.92. The van der Waals surface area contributed by atoms with Crippen LogP contribution in [-0.4, -0.2) is 38.7 Å². The molecule has 0 bridgehead atoms. The van der Waals surface area contributed by atoms with Crippen LogP contribution in [0.1, 0.15) is 41.7 Å². The molecule has 0 radical (unpaired) electrons. The second kappa shape index (κ2) is 6.91. The number of benzene rings is 1. The minimum absolute atomic E-state index is 0.0189. The molecule has 1 aromatic heterocycles. The normalized spacial score (nSPS) is 21.1. The van der Waals surface area contributed by atoms with Crippen molar-refractivity contribution in [1.29, 1.82) is 0 Å². The number of rotatable bonds is 4. The summed E-state index contributed by atoms with van der Waals surface area (Å²) in [6, 6.07) is 7.88. The highest BCUT2D eigenvalue weighted by Gasteiger charge is 2.26. The van der Waals surface area contributed by atoms with E-state index in [-0.39, 0.29) is 24.5 Å². The van der Waals surface area contributed by atoms with Crippen molar-refractivity contribution in [2.45, 2.75) is 38.6 Å². The predicted molar refractivity (Wildman–Crippen MR) is 86.4 cm³/mol. The summed E-state index contributed by atoms with van der Waals surface area (Å²) in [4.78, 5) is 12.4. The maximum absolute atomic E-state index is 12.4. The summed E-state index contributed by atoms with van der Waals surface area (Å²) in [5, 5.41) is 20.5. The Morgan fingerprint density at radius 1 is 1.39 bits per heavy atom. The number of aryl methyl sites for hydroxylation is 1. The number of aliphatic hydroxyl groups is 1. The van der Waals surface area contributed by atoms with E-state index >= 15 is 0 Å². The number of hydrogen-bond donors (Lipinski definition) is 2. The molecular formula is C17H22N4O2. The van der Waals surface area contributed by atoms with Gasteiger partial charge in [-0.15, -0.1) is 5.10 Å². The van der Waals surface area contributed by atoms with Gasteiger partial charge < -0.3 is 10.4 Å². The van der Waals surface area contributed by atoms with Crippen molar-refractivity contribution in [3.05, 3.63) is 41.7 Å². The predicted octanol–water partition coefficient (Wildman–Crippen LogP) is 1.86. The summed E-state index contributed by atoms with van der Waals surface area (Å²) in [7, 11) is 0. The lowest BCUT2D eigenvalue weighted by Gasteiger charge is -2.30. The highest BCUT2D eigenvalue weighted by atomic mass is 16.3. The number of hydrogen-bond acceptors (Lipinski definition) is 4. The number of carbonyl (C=O) groups excluding carboxylic acids is 1. The van der Waals surface area contributed by atoms with Gasteiger partial charge in [-0.05, 0) is 37.5 Å². The molecule has 1 aliphatic carbocycles. The number of aliphatic hydroxyl groups excluding tert-OH is 1. The molecule has 0 aliphatic heterocycles. The molecule has 1 aliphatic rings. The van der Waals surface area contributed by atoms with E-state index in [1.54, 1.807) is 10.9 Å². The summed E-state index contributed by atoms with van der Waals surface area (Å²) in [6.45, 7) is 2.12. The summed E-state index contributed by atoms with van der Waals surface area (Å²) < 4.78 is 1.60. The van der Waals surface area contributed by atoms with Crippen LogP contribution in [0, 0.1) is 12.8 Å². The summed E-state index contributed by atoms with van der Waals surface area (Å²) >= 11 is 0. The Bertz CT molecular complexity index is 683. The molecule has 2 aromatic rings. The Kier molecular flexibility index (Phi) is 4.71. The zero-order valence-corrected chi connectivity index (χ0v) is 13.3. The van der Waals surface area contributed by atoms with Gasteiger partial charge in [-0.2, -0.15) is 0 Å². The van der Waals surface area contributed by atoms with E-state index in [0.717, 1.165) is 36.9 Å². The molecule has 1 fully saturated rings. The first-order valence-electron chi connectivity index (χ1n) is 8.08. The third-order valence-electron chi connectivity index (χ3n) is 4.45. The van der Waals surface area contributed by atoms with E-state index in [4.69, 9.17) is 0 Å². The van der Waals surface area contributed by atoms with Crippen molar-refractivity contribution in [3.8, 4) is 5.69 Å². The molecule has 23 heavy (non-hydrogen) atoms. The van der Waals surface area contributed by atoms with Crippen LogP contribution in [0.25, 0.3) is 5.69 Å². The van der Waals surface area contributed by atoms with Crippen molar-refractivity contribution in [2.24, 2.45) is 5.92 Å². The van der Waals surface area contributed by atoms with Gasteiger partial charge in [-0.3, -0.25) is 4.79 Å². The molecule has 6 heteroatoms. The Morgan fingerprint density at radius 3 is 3.00 bits per heavy atom. The van der Waals surface area contributed by atoms with Crippen LogP contribution in [0.15, 0.2) is 30.5 Å². The zero-order chi connectivity index (χ0) is 16.2. The van der Waals surface area contributed by atoms with Crippen LogP contribution >= 0.6 is 0 Å². The minimum Gasteiger partial charge on any atom is -0.396 e. The lowest BCUT2D eigenvalue weighted by Crippen LogP contribution is -2.43. The minimum atomic E-state index is -0.228. The molecule has 122 valence electrons. The molecule has 2 N–H and O–H groups in total. The van der Waals surface area contributed by atoms with Gasteiger partial charge in [-0.1, -0.05) is 30.2 Å². The third kappa shape index (κ3) is 3.59. The van der Waals surface area contributed by atoms with Gasteiger partial charge in [0.1, 0.15) is 0 Å². The van der Waals surface area contributed by atoms with Crippen LogP contribution in [0.2, 0.25) is 0 Å². The summed E-state index contributed by atoms with van der Waals surface area (Å²) in [6.07, 6.45) is 5.69. The van der Waals surface area contributed by atoms with E-state index < -0.39 is 0 Å². The molecule has 2 unspecified atom stereocenters. The standard InChI is InChI=1S/C17H22N4O2/c1-12-5-4-7-14(9-12)21-10-16(19-20-21)17(23)18-15-8-3-2-6-13(15)11-22/h4-5,7,9-10,13,15,22H,2-3,6,8,11H2,1H3,(H,18,23). The Labute approximate surface area is 135 Å². The Morgan fingerprint density at radius 2 is 2.22 bits per heavy atom. The lowest BCUT2D eigenvalue weighted by atomic mass is 9.85. The van der Waals surface area contributed by atoms with Gasteiger partial charge in [0.2, 0.25) is 0 Å². The fraction of sp³-hybridized carbons (Fsp3) is 0.471. The van der Waals surface area contributed by atoms with Gasteiger partial charge in [-0.25, -0.2) is 4.68 Å². The average Bonchev–Trinajstić information content (AvgIpc) is 3.05. The van der Waals surface area contributed by atoms with Gasteiger partial charge in [0.05, 0.1) is 11.9 Å². The highest BCUT2D eigenvalue weighted by Crippen LogP contribution is 2.24. The maximum atomic E-state index is 12.4. The summed E-state index contributed by atoms with van der Waals surface area (Å²) in [5.74, 6) is -0.0891. The average molecular weight is 314 g/mol. The van der Waals surface area contributed by atoms with E-state index in [9.17, 15) is 9.90 Å². The van der Waals surface area contributed by atoms with Gasteiger partial charge in [0, 0.05) is 18.6 Å². The van der Waals surface area contributed by atoms with Crippen molar-refractivity contribution >= 4 is 5.91 Å². The molecule has 1 saturated carbocycles. The summed E-state index contributed by atoms with van der Waals surface area (Å²) in [5.41, 5.74) is 2.30. The van der Waals surface area contributed by atoms with E-state index in [2.05, 4.69) is 15.6 Å². The van der Waals surface area contributed by atoms with Crippen LogP contribution < -0.4 is 5.32 Å². The van der Waals surface area contributed by atoms with Crippen molar-refractivity contribution in [3.63, 3.8) is 0 Å². The van der Waals surface area contributed by atoms with Crippen molar-refractivity contribution in [1.82, 2.24) is 20.3 Å². The molecule has 2 atom stereocenters. The fourth-order valence-corrected chi connectivity index (χ4v) is 3.12. The number of aromatic nitrogens is 3. The molecule has 1 aromatic carbocycles. The number of carbonyl (C=O) groups is 1. The molecule has 1 heterocycles. The quantitative estimate of drug-likeness (QED) is 0.902. The van der Waals surface area contributed by atoms with Crippen molar-refractivity contribution in [2.75, 3.05) is 6.61 Å². The van der Waals surface area contributed by atoms with Crippen LogP contribution in [-0.2, 0) is 0 Å². The van der Waals surface area contributed by atoms with Crippen LogP contribution in [0.5, 0.6) is 0 Å².